The zero-order valence-corrected chi connectivity index (χ0v) is 40.9. The molecule has 0 amide bonds. The lowest BCUT2D eigenvalue weighted by atomic mass is 9.92. The van der Waals surface area contributed by atoms with E-state index >= 15 is 0 Å². The second-order valence-corrected chi connectivity index (χ2v) is 19.0. The van der Waals surface area contributed by atoms with Crippen molar-refractivity contribution in [3.05, 3.63) is 253 Å². The van der Waals surface area contributed by atoms with Crippen molar-refractivity contribution in [1.29, 1.82) is 15.8 Å². The molecule has 0 unspecified atom stereocenters. The number of fused-ring (bicyclic) bond motifs is 9. The number of nitrogens with zero attached hydrogens (tertiary/aromatic N) is 9. The van der Waals surface area contributed by atoms with E-state index in [2.05, 4.69) is 182 Å². The molecule has 77 heavy (non-hydrogen) atoms. The summed E-state index contributed by atoms with van der Waals surface area (Å²) in [5, 5.41) is 38.3. The van der Waals surface area contributed by atoms with Gasteiger partial charge in [-0.2, -0.15) is 15.8 Å². The fourth-order valence-corrected chi connectivity index (χ4v) is 11.3. The second-order valence-electron chi connectivity index (χ2n) is 19.0. The smallest absolute Gasteiger partial charge is 0.187 e. The molecule has 9 heteroatoms. The molecule has 0 atom stereocenters. The average molecular weight is 980 g/mol. The van der Waals surface area contributed by atoms with Crippen molar-refractivity contribution in [3.63, 3.8) is 0 Å². The lowest BCUT2D eigenvalue weighted by molar-refractivity contribution is 1.16. The van der Waals surface area contributed by atoms with Gasteiger partial charge in [-0.1, -0.05) is 115 Å². The molecule has 4 aromatic heterocycles. The molecular formula is C68H37N9. The van der Waals surface area contributed by atoms with Gasteiger partial charge in [0.1, 0.15) is 0 Å². The fraction of sp³-hybridized carbons (Fsp3) is 0. The molecule has 0 radical (unpaired) electrons. The van der Waals surface area contributed by atoms with Gasteiger partial charge in [0.15, 0.2) is 11.5 Å². The number of rotatable bonds is 7. The summed E-state index contributed by atoms with van der Waals surface area (Å²) in [6, 6.07) is 82.4. The Hall–Kier alpha value is -11.4. The van der Waals surface area contributed by atoms with Gasteiger partial charge in [0, 0.05) is 66.1 Å². The van der Waals surface area contributed by atoms with Crippen LogP contribution in [0, 0.1) is 40.6 Å². The maximum absolute atomic E-state index is 10.8. The first-order chi connectivity index (χ1) is 38.0. The highest BCUT2D eigenvalue weighted by atomic mass is 15.0. The molecule has 354 valence electrons. The molecule has 9 nitrogen and oxygen atoms in total. The van der Waals surface area contributed by atoms with E-state index in [0.717, 1.165) is 66.5 Å². The minimum absolute atomic E-state index is 0.319. The molecule has 0 aliphatic heterocycles. The van der Waals surface area contributed by atoms with Crippen molar-refractivity contribution in [2.75, 3.05) is 0 Å². The standard InChI is InChI=1S/C68H37N9/c1-72-48-15-11-13-44(33-48)60-38-61(74-68(73-60)45-14-10-12-42(32-45)39-69)57-35-46(40-70)56(34-47(57)41-71)43-24-26-49(27-25-43)75-66-30-28-50(76-62-20-6-2-16-52(62)53-17-3-7-21-63(53)76)36-58(66)59-37-51(29-31-67(59)75)77-64-22-8-4-18-54(64)55-19-5-9-23-65(55)77/h2-38H. The number of hydrogen-bond acceptors (Lipinski definition) is 5. The van der Waals surface area contributed by atoms with E-state index < -0.39 is 0 Å². The van der Waals surface area contributed by atoms with Crippen LogP contribution in [0.15, 0.2) is 224 Å². The van der Waals surface area contributed by atoms with E-state index in [4.69, 9.17) is 16.5 Å². The first kappa shape index (κ1) is 44.3. The zero-order chi connectivity index (χ0) is 51.7. The van der Waals surface area contributed by atoms with Crippen LogP contribution in [0.2, 0.25) is 0 Å². The van der Waals surface area contributed by atoms with Gasteiger partial charge in [0.2, 0.25) is 0 Å². The summed E-state index contributed by atoms with van der Waals surface area (Å²) in [5.41, 5.74) is 15.3. The summed E-state index contributed by atoms with van der Waals surface area (Å²) in [5.74, 6) is 0.334. The van der Waals surface area contributed by atoms with Crippen molar-refractivity contribution < 1.29 is 0 Å². The molecule has 14 aromatic rings. The van der Waals surface area contributed by atoms with Gasteiger partial charge in [-0.3, -0.25) is 0 Å². The van der Waals surface area contributed by atoms with Crippen LogP contribution in [-0.2, 0) is 0 Å². The summed E-state index contributed by atoms with van der Waals surface area (Å²) < 4.78 is 7.03. The third-order valence-electron chi connectivity index (χ3n) is 14.8. The molecule has 14 rings (SSSR count). The maximum atomic E-state index is 10.8. The molecule has 0 aliphatic rings. The first-order valence-electron chi connectivity index (χ1n) is 25.0. The molecule has 0 bridgehead atoms. The Kier molecular flexibility index (Phi) is 10.2. The van der Waals surface area contributed by atoms with Crippen LogP contribution in [0.3, 0.4) is 0 Å². The van der Waals surface area contributed by atoms with E-state index in [1.165, 1.54) is 21.5 Å². The minimum Gasteiger partial charge on any atom is -0.309 e. The quantitative estimate of drug-likeness (QED) is 0.147. The largest absolute Gasteiger partial charge is 0.309 e. The lowest BCUT2D eigenvalue weighted by Crippen LogP contribution is -1.99. The Morgan fingerprint density at radius 1 is 0.351 bits per heavy atom. The number of hydrogen-bond donors (Lipinski definition) is 0. The monoisotopic (exact) mass is 979 g/mol. The highest BCUT2D eigenvalue weighted by Crippen LogP contribution is 2.41. The maximum Gasteiger partial charge on any atom is 0.187 e. The fourth-order valence-electron chi connectivity index (χ4n) is 11.3. The molecular weight excluding hydrogens is 943 g/mol. The molecule has 0 N–H and O–H groups in total. The molecule has 0 spiro atoms. The third-order valence-corrected chi connectivity index (χ3v) is 14.8. The van der Waals surface area contributed by atoms with E-state index in [9.17, 15) is 15.8 Å². The van der Waals surface area contributed by atoms with Gasteiger partial charge in [-0.05, 0) is 120 Å². The van der Waals surface area contributed by atoms with Gasteiger partial charge >= 0.3 is 0 Å². The Labute approximate surface area is 441 Å². The number of aromatic nitrogens is 5. The first-order valence-corrected chi connectivity index (χ1v) is 25.0. The van der Waals surface area contributed by atoms with Crippen LogP contribution >= 0.6 is 0 Å². The van der Waals surface area contributed by atoms with Gasteiger partial charge in [0.05, 0.1) is 86.0 Å². The van der Waals surface area contributed by atoms with Crippen LogP contribution < -0.4 is 0 Å². The SMILES string of the molecule is [C-]#[N+]c1cccc(-c2cc(-c3cc(C#N)c(-c4ccc(-n5c6ccc(-n7c8ccccc8c8ccccc87)cc6c6cc(-n7c8ccccc8c8ccccc87)ccc65)cc4)cc3C#N)nc(-c3cccc(C#N)c3)n2)c1. The summed E-state index contributed by atoms with van der Waals surface area (Å²) in [6.45, 7) is 7.64. The second kappa shape index (κ2) is 17.7. The van der Waals surface area contributed by atoms with Crippen molar-refractivity contribution in [1.82, 2.24) is 23.7 Å². The summed E-state index contributed by atoms with van der Waals surface area (Å²) in [6.07, 6.45) is 0. The number of para-hydroxylation sites is 4. The highest BCUT2D eigenvalue weighted by Gasteiger charge is 2.21. The van der Waals surface area contributed by atoms with E-state index in [0.29, 0.717) is 61.8 Å². The predicted octanol–water partition coefficient (Wildman–Crippen LogP) is 16.6. The summed E-state index contributed by atoms with van der Waals surface area (Å²) >= 11 is 0. The molecule has 10 aromatic carbocycles. The van der Waals surface area contributed by atoms with Crippen molar-refractivity contribution >= 4 is 71.1 Å². The van der Waals surface area contributed by atoms with Gasteiger partial charge in [-0.25, -0.2) is 14.8 Å². The average Bonchev–Trinajstić information content (AvgIpc) is 4.29. The Morgan fingerprint density at radius 3 is 1.36 bits per heavy atom. The topological polar surface area (TPSA) is 116 Å². The van der Waals surface area contributed by atoms with E-state index in [-0.39, 0.29) is 0 Å². The minimum atomic E-state index is 0.319. The summed E-state index contributed by atoms with van der Waals surface area (Å²) in [7, 11) is 0. The predicted molar refractivity (Wildman–Crippen MR) is 307 cm³/mol. The Bertz CT molecular complexity index is 4630. The van der Waals surface area contributed by atoms with Crippen molar-refractivity contribution in [2.45, 2.75) is 0 Å². The Morgan fingerprint density at radius 2 is 0.818 bits per heavy atom. The van der Waals surface area contributed by atoms with Gasteiger partial charge in [-0.15, -0.1) is 0 Å². The van der Waals surface area contributed by atoms with Crippen LogP contribution in [0.4, 0.5) is 5.69 Å². The van der Waals surface area contributed by atoms with Gasteiger partial charge in [0.25, 0.3) is 0 Å². The molecule has 0 aliphatic carbocycles. The van der Waals surface area contributed by atoms with Gasteiger partial charge < -0.3 is 13.7 Å². The molecule has 0 saturated carbocycles. The van der Waals surface area contributed by atoms with Crippen LogP contribution in [0.25, 0.3) is 132 Å². The normalized spacial score (nSPS) is 11.3. The lowest BCUT2D eigenvalue weighted by Gasteiger charge is -2.14. The van der Waals surface area contributed by atoms with Crippen LogP contribution in [-0.4, -0.2) is 23.7 Å². The van der Waals surface area contributed by atoms with Crippen molar-refractivity contribution in [2.24, 2.45) is 0 Å². The Balaban J connectivity index is 0.919. The molecule has 0 saturated heterocycles. The summed E-state index contributed by atoms with van der Waals surface area (Å²) in [4.78, 5) is 13.4. The van der Waals surface area contributed by atoms with Crippen LogP contribution in [0.1, 0.15) is 16.7 Å². The third kappa shape index (κ3) is 7.13. The van der Waals surface area contributed by atoms with Crippen molar-refractivity contribution in [3.8, 4) is 80.3 Å². The molecule has 0 fully saturated rings. The number of nitriles is 3. The zero-order valence-electron chi connectivity index (χ0n) is 40.9. The van der Waals surface area contributed by atoms with E-state index in [1.54, 1.807) is 54.6 Å². The highest BCUT2D eigenvalue weighted by molar-refractivity contribution is 6.14. The van der Waals surface area contributed by atoms with E-state index in [1.807, 2.05) is 24.3 Å². The number of benzene rings is 10. The van der Waals surface area contributed by atoms with Crippen LogP contribution in [0.5, 0.6) is 0 Å². The molecule has 4 heterocycles.